The molecule has 2 heteroatoms. The smallest absolute Gasteiger partial charge is 0.0437 e. The van der Waals surface area contributed by atoms with Gasteiger partial charge in [-0.2, -0.15) is 0 Å². The first kappa shape index (κ1) is 7.59. The van der Waals surface area contributed by atoms with Crippen molar-refractivity contribution < 1.29 is 0 Å². The second-order valence-electron chi connectivity index (χ2n) is 3.66. The zero-order chi connectivity index (χ0) is 8.72. The van der Waals surface area contributed by atoms with E-state index in [4.69, 9.17) is 5.41 Å². The van der Waals surface area contributed by atoms with Crippen molar-refractivity contribution >= 4 is 5.71 Å². The topological polar surface area (TPSA) is 39.6 Å². The fourth-order valence-electron chi connectivity index (χ4n) is 1.65. The number of aryl methyl sites for hydroxylation is 2. The zero-order valence-electron chi connectivity index (χ0n) is 7.57. The van der Waals surface area contributed by atoms with E-state index in [0.29, 0.717) is 5.92 Å². The van der Waals surface area contributed by atoms with E-state index in [-0.39, 0.29) is 0 Å². The molecule has 0 amide bonds. The maximum atomic E-state index is 7.93. The van der Waals surface area contributed by atoms with E-state index in [1.165, 1.54) is 18.4 Å². The summed E-state index contributed by atoms with van der Waals surface area (Å²) in [6.07, 6.45) is 4.41. The lowest BCUT2D eigenvalue weighted by Crippen LogP contribution is -2.03. The molecule has 1 aliphatic carbocycles. The Morgan fingerprint density at radius 2 is 2.17 bits per heavy atom. The van der Waals surface area contributed by atoms with Crippen LogP contribution in [-0.4, -0.2) is 10.7 Å². The highest BCUT2D eigenvalue weighted by atomic mass is 14.7. The number of aromatic nitrogens is 1. The van der Waals surface area contributed by atoms with Gasteiger partial charge in [0, 0.05) is 29.1 Å². The highest BCUT2D eigenvalue weighted by molar-refractivity contribution is 6.03. The van der Waals surface area contributed by atoms with Crippen molar-refractivity contribution in [3.05, 3.63) is 23.0 Å². The quantitative estimate of drug-likeness (QED) is 0.627. The van der Waals surface area contributed by atoms with Crippen molar-refractivity contribution in [1.82, 2.24) is 4.98 Å². The molecule has 12 heavy (non-hydrogen) atoms. The molecule has 0 spiro atoms. The average Bonchev–Trinajstić information content (AvgIpc) is 2.79. The molecule has 2 rings (SSSR count). The third-order valence-electron chi connectivity index (χ3n) is 2.53. The number of rotatable bonds is 2. The fourth-order valence-corrected chi connectivity index (χ4v) is 1.65. The molecule has 64 valence electrons. The lowest BCUT2D eigenvalue weighted by Gasteiger charge is -2.02. The Morgan fingerprint density at radius 1 is 1.50 bits per heavy atom. The van der Waals surface area contributed by atoms with Crippen LogP contribution < -0.4 is 0 Å². The van der Waals surface area contributed by atoms with Crippen LogP contribution in [0.25, 0.3) is 0 Å². The minimum Gasteiger partial charge on any atom is -0.364 e. The molecule has 1 saturated carbocycles. The summed E-state index contributed by atoms with van der Waals surface area (Å²) in [7, 11) is 0. The van der Waals surface area contributed by atoms with E-state index in [1.54, 1.807) is 0 Å². The SMILES string of the molecule is Cc1c[nH]c(C)c1C(=N)C1CC1. The Bertz CT molecular complexity index is 299. The maximum absolute atomic E-state index is 7.93. The van der Waals surface area contributed by atoms with Crippen LogP contribution in [0.15, 0.2) is 6.20 Å². The third-order valence-corrected chi connectivity index (χ3v) is 2.53. The van der Waals surface area contributed by atoms with Gasteiger partial charge in [0.25, 0.3) is 0 Å². The van der Waals surface area contributed by atoms with Crippen molar-refractivity contribution in [1.29, 1.82) is 5.41 Å². The first-order valence-corrected chi connectivity index (χ1v) is 4.43. The van der Waals surface area contributed by atoms with Crippen molar-refractivity contribution in [2.24, 2.45) is 5.92 Å². The molecular formula is C10H14N2. The number of H-pyrrole nitrogens is 1. The molecule has 1 aliphatic rings. The van der Waals surface area contributed by atoms with E-state index < -0.39 is 0 Å². The Kier molecular flexibility index (Phi) is 1.56. The van der Waals surface area contributed by atoms with Crippen molar-refractivity contribution in [2.45, 2.75) is 26.7 Å². The van der Waals surface area contributed by atoms with Crippen molar-refractivity contribution in [3.8, 4) is 0 Å². The number of hydrogen-bond donors (Lipinski definition) is 2. The van der Waals surface area contributed by atoms with Crippen LogP contribution in [0.3, 0.4) is 0 Å². The van der Waals surface area contributed by atoms with Crippen molar-refractivity contribution in [3.63, 3.8) is 0 Å². The summed E-state index contributed by atoms with van der Waals surface area (Å²) in [5.74, 6) is 0.554. The van der Waals surface area contributed by atoms with Gasteiger partial charge in [-0.05, 0) is 32.3 Å². The predicted octanol–water partition coefficient (Wildman–Crippen LogP) is 2.41. The van der Waals surface area contributed by atoms with Gasteiger partial charge < -0.3 is 10.4 Å². The zero-order valence-corrected chi connectivity index (χ0v) is 7.57. The second kappa shape index (κ2) is 2.47. The summed E-state index contributed by atoms with van der Waals surface area (Å²) in [5, 5.41) is 7.93. The molecule has 0 atom stereocenters. The number of aromatic amines is 1. The van der Waals surface area contributed by atoms with Gasteiger partial charge in [0.15, 0.2) is 0 Å². The summed E-state index contributed by atoms with van der Waals surface area (Å²) in [5.41, 5.74) is 4.34. The van der Waals surface area contributed by atoms with E-state index in [9.17, 15) is 0 Å². The molecule has 1 aromatic rings. The normalized spacial score (nSPS) is 16.5. The summed E-state index contributed by atoms with van der Waals surface area (Å²) in [6, 6.07) is 0. The summed E-state index contributed by atoms with van der Waals surface area (Å²) < 4.78 is 0. The predicted molar refractivity (Wildman–Crippen MR) is 49.8 cm³/mol. The van der Waals surface area contributed by atoms with Crippen LogP contribution in [-0.2, 0) is 0 Å². The molecular weight excluding hydrogens is 148 g/mol. The number of nitrogens with one attached hydrogen (secondary N) is 2. The van der Waals surface area contributed by atoms with Crippen molar-refractivity contribution in [2.75, 3.05) is 0 Å². The van der Waals surface area contributed by atoms with Crippen LogP contribution in [0.4, 0.5) is 0 Å². The molecule has 0 saturated heterocycles. The van der Waals surface area contributed by atoms with Crippen LogP contribution in [0.2, 0.25) is 0 Å². The molecule has 0 radical (unpaired) electrons. The third kappa shape index (κ3) is 1.07. The minimum absolute atomic E-state index is 0.554. The standard InChI is InChI=1S/C10H14N2/c1-6-5-12-7(2)9(6)10(11)8-3-4-8/h5,8,11-12H,3-4H2,1-2H3. The van der Waals surface area contributed by atoms with Crippen LogP contribution >= 0.6 is 0 Å². The maximum Gasteiger partial charge on any atom is 0.0437 e. The molecule has 1 fully saturated rings. The minimum atomic E-state index is 0.554. The van der Waals surface area contributed by atoms with Gasteiger partial charge in [0.05, 0.1) is 0 Å². The summed E-state index contributed by atoms with van der Waals surface area (Å²) in [4.78, 5) is 3.16. The van der Waals surface area contributed by atoms with Gasteiger partial charge >= 0.3 is 0 Å². The Morgan fingerprint density at radius 3 is 2.58 bits per heavy atom. The molecule has 0 bridgehead atoms. The van der Waals surface area contributed by atoms with Gasteiger partial charge in [-0.1, -0.05) is 0 Å². The Balaban J connectivity index is 2.36. The molecule has 1 heterocycles. The van der Waals surface area contributed by atoms with E-state index >= 15 is 0 Å². The lowest BCUT2D eigenvalue weighted by atomic mass is 10.0. The van der Waals surface area contributed by atoms with E-state index in [0.717, 1.165) is 17.0 Å². The van der Waals surface area contributed by atoms with Crippen LogP contribution in [0.1, 0.15) is 29.7 Å². The molecule has 2 N–H and O–H groups in total. The van der Waals surface area contributed by atoms with Gasteiger partial charge in [-0.3, -0.25) is 0 Å². The van der Waals surface area contributed by atoms with Crippen LogP contribution in [0, 0.1) is 25.2 Å². The Hall–Kier alpha value is -1.05. The first-order chi connectivity index (χ1) is 5.70. The second-order valence-corrected chi connectivity index (χ2v) is 3.66. The van der Waals surface area contributed by atoms with E-state index in [2.05, 4.69) is 11.9 Å². The summed E-state index contributed by atoms with van der Waals surface area (Å²) in [6.45, 7) is 4.11. The molecule has 0 aromatic carbocycles. The molecule has 0 aliphatic heterocycles. The Labute approximate surface area is 72.5 Å². The van der Waals surface area contributed by atoms with Gasteiger partial charge in [0.1, 0.15) is 0 Å². The number of hydrogen-bond acceptors (Lipinski definition) is 1. The largest absolute Gasteiger partial charge is 0.364 e. The average molecular weight is 162 g/mol. The highest BCUT2D eigenvalue weighted by Gasteiger charge is 2.29. The van der Waals surface area contributed by atoms with Gasteiger partial charge in [-0.15, -0.1) is 0 Å². The highest BCUT2D eigenvalue weighted by Crippen LogP contribution is 2.34. The lowest BCUT2D eigenvalue weighted by molar-refractivity contribution is 1.14. The molecule has 2 nitrogen and oxygen atoms in total. The monoisotopic (exact) mass is 162 g/mol. The van der Waals surface area contributed by atoms with E-state index in [1.807, 2.05) is 13.1 Å². The fraction of sp³-hybridized carbons (Fsp3) is 0.500. The molecule has 0 unspecified atom stereocenters. The molecule has 1 aromatic heterocycles. The van der Waals surface area contributed by atoms with Gasteiger partial charge in [-0.25, -0.2) is 0 Å². The van der Waals surface area contributed by atoms with Gasteiger partial charge in [0.2, 0.25) is 0 Å². The summed E-state index contributed by atoms with van der Waals surface area (Å²) >= 11 is 0. The first-order valence-electron chi connectivity index (χ1n) is 4.43. The van der Waals surface area contributed by atoms with Crippen LogP contribution in [0.5, 0.6) is 0 Å².